The van der Waals surface area contributed by atoms with Gasteiger partial charge in [-0.2, -0.15) is 9.98 Å². The van der Waals surface area contributed by atoms with Crippen LogP contribution >= 0.6 is 7.60 Å². The van der Waals surface area contributed by atoms with E-state index in [0.29, 0.717) is 25.5 Å². The van der Waals surface area contributed by atoms with Crippen LogP contribution in [0.1, 0.15) is 103 Å². The Morgan fingerprint density at radius 3 is 2.14 bits per heavy atom. The first-order chi connectivity index (χ1) is 20.4. The van der Waals surface area contributed by atoms with Crippen molar-refractivity contribution < 1.29 is 33.0 Å². The molecule has 12 nitrogen and oxygen atoms in total. The maximum absolute atomic E-state index is 12.4. The Morgan fingerprint density at radius 2 is 1.52 bits per heavy atom. The van der Waals surface area contributed by atoms with E-state index in [1.807, 2.05) is 0 Å². The van der Waals surface area contributed by atoms with Crippen LogP contribution in [-0.2, 0) is 28.1 Å². The molecule has 42 heavy (non-hydrogen) atoms. The highest BCUT2D eigenvalue weighted by atomic mass is 31.2. The van der Waals surface area contributed by atoms with Crippen molar-refractivity contribution >= 4 is 31.6 Å². The largest absolute Gasteiger partial charge is 0.382 e. The molecule has 242 valence electrons. The molecule has 0 saturated heterocycles. The normalized spacial score (nSPS) is 18.6. The predicted octanol–water partition coefficient (Wildman–Crippen LogP) is 5.03. The van der Waals surface area contributed by atoms with Crippen molar-refractivity contribution in [2.75, 3.05) is 46.4 Å². The smallest absolute Gasteiger partial charge is 0.353 e. The fourth-order valence-electron chi connectivity index (χ4n) is 4.85. The molecule has 2 aliphatic rings. The zero-order valence-electron chi connectivity index (χ0n) is 25.8. The Bertz CT molecular complexity index is 902. The zero-order valence-corrected chi connectivity index (χ0v) is 26.7. The average molecular weight is 616 g/mol. The summed E-state index contributed by atoms with van der Waals surface area (Å²) in [4.78, 5) is 35.6. The molecule has 0 saturated carbocycles. The lowest BCUT2D eigenvalue weighted by Crippen LogP contribution is -2.44. The molecule has 0 aliphatic carbocycles. The number of amides is 1. The van der Waals surface area contributed by atoms with Crippen LogP contribution < -0.4 is 5.73 Å². The number of nitrogens with zero attached hydrogens (tertiary/aromatic N) is 4. The molecule has 2 aliphatic heterocycles. The summed E-state index contributed by atoms with van der Waals surface area (Å²) in [6.07, 6.45) is 19.4. The number of amidine groups is 1. The molecule has 0 spiro atoms. The van der Waals surface area contributed by atoms with Crippen molar-refractivity contribution in [2.24, 2.45) is 20.7 Å². The predicted molar refractivity (Wildman–Crippen MR) is 166 cm³/mol. The second-order valence-electron chi connectivity index (χ2n) is 11.0. The third-order valence-corrected chi connectivity index (χ3v) is 8.24. The van der Waals surface area contributed by atoms with Gasteiger partial charge in [0, 0.05) is 20.3 Å². The van der Waals surface area contributed by atoms with Crippen LogP contribution in [-0.4, -0.2) is 92.4 Å². The molecule has 0 aromatic carbocycles. The van der Waals surface area contributed by atoms with Crippen LogP contribution in [0.15, 0.2) is 15.0 Å². The number of fused-ring (bicyclic) bond motifs is 1. The molecule has 1 amide bonds. The van der Waals surface area contributed by atoms with Crippen molar-refractivity contribution in [3.63, 3.8) is 0 Å². The number of methoxy groups -OCH3 is 1. The summed E-state index contributed by atoms with van der Waals surface area (Å²) in [5, 5.41) is 0. The van der Waals surface area contributed by atoms with E-state index in [-0.39, 0.29) is 25.7 Å². The van der Waals surface area contributed by atoms with E-state index < -0.39 is 32.0 Å². The quantitative estimate of drug-likeness (QED) is 0.0955. The fraction of sp³-hybridized carbons (Fsp3) is 0.862. The van der Waals surface area contributed by atoms with Gasteiger partial charge in [0.05, 0.1) is 32.2 Å². The Balaban J connectivity index is 1.45. The lowest BCUT2D eigenvalue weighted by Gasteiger charge is -2.25. The standard InChI is InChI=1S/C29H54N5O7P/c1-3-4-5-6-7-8-9-10-11-12-13-14-15-16-18-39-19-17-20-41-42(36,37)24-40-25(22-38-2)21-34-23-31-26-27(34)32-29(30)33-28(26)35/h23,25-26H,3-22,24H2,1-2H3,(H,36,37)(H2,30,33,35)/t25-,26?/m0/s1. The number of unbranched alkanes of at least 4 members (excludes halogenated alkanes) is 13. The van der Waals surface area contributed by atoms with Gasteiger partial charge >= 0.3 is 7.60 Å². The summed E-state index contributed by atoms with van der Waals surface area (Å²) in [5.74, 6) is -0.283. The summed E-state index contributed by atoms with van der Waals surface area (Å²) in [6, 6.07) is -0.829. The minimum Gasteiger partial charge on any atom is -0.382 e. The van der Waals surface area contributed by atoms with Crippen molar-refractivity contribution in [2.45, 2.75) is 115 Å². The Kier molecular flexibility index (Phi) is 19.0. The first-order valence-corrected chi connectivity index (χ1v) is 17.5. The summed E-state index contributed by atoms with van der Waals surface area (Å²) in [6.45, 7) is 3.88. The van der Waals surface area contributed by atoms with Crippen LogP contribution in [0.2, 0.25) is 0 Å². The lowest BCUT2D eigenvalue weighted by molar-refractivity contribution is -0.117. The Hall–Kier alpha value is -1.69. The van der Waals surface area contributed by atoms with Gasteiger partial charge in [-0.05, 0) is 12.8 Å². The van der Waals surface area contributed by atoms with E-state index in [2.05, 4.69) is 21.9 Å². The number of aliphatic imine (C=N–C) groups is 3. The van der Waals surface area contributed by atoms with Crippen molar-refractivity contribution in [3.05, 3.63) is 0 Å². The summed E-state index contributed by atoms with van der Waals surface area (Å²) >= 11 is 0. The van der Waals surface area contributed by atoms with Gasteiger partial charge in [0.25, 0.3) is 5.91 Å². The fourth-order valence-corrected chi connectivity index (χ4v) is 5.74. The van der Waals surface area contributed by atoms with Gasteiger partial charge < -0.3 is 34.3 Å². The Labute approximate surface area is 252 Å². The molecule has 3 atom stereocenters. The molecule has 3 N–H and O–H groups in total. The minimum absolute atomic E-state index is 0.100. The number of guanidine groups is 1. The molecule has 0 aromatic heterocycles. The van der Waals surface area contributed by atoms with Gasteiger partial charge in [-0.3, -0.25) is 14.4 Å². The van der Waals surface area contributed by atoms with Crippen LogP contribution in [0.4, 0.5) is 0 Å². The number of rotatable bonds is 27. The second kappa shape index (κ2) is 21.9. The van der Waals surface area contributed by atoms with E-state index in [1.165, 1.54) is 96.9 Å². The van der Waals surface area contributed by atoms with Gasteiger partial charge in [-0.1, -0.05) is 90.4 Å². The first kappa shape index (κ1) is 36.5. The van der Waals surface area contributed by atoms with Gasteiger partial charge in [0.2, 0.25) is 5.96 Å². The number of nitrogens with two attached hydrogens (primary N) is 1. The molecule has 2 heterocycles. The average Bonchev–Trinajstić information content (AvgIpc) is 3.35. The minimum atomic E-state index is -3.97. The number of carbonyl (C=O) groups excluding carboxylic acids is 1. The zero-order chi connectivity index (χ0) is 30.5. The molecule has 0 radical (unpaired) electrons. The van der Waals surface area contributed by atoms with Gasteiger partial charge in [0.15, 0.2) is 6.04 Å². The number of hydrogen-bond acceptors (Lipinski definition) is 10. The molecule has 0 bridgehead atoms. The third kappa shape index (κ3) is 15.7. The topological polar surface area (TPSA) is 158 Å². The van der Waals surface area contributed by atoms with Crippen molar-refractivity contribution in [3.8, 4) is 0 Å². The van der Waals surface area contributed by atoms with E-state index in [9.17, 15) is 14.3 Å². The van der Waals surface area contributed by atoms with Crippen LogP contribution in [0.5, 0.6) is 0 Å². The van der Waals surface area contributed by atoms with Crippen LogP contribution in [0.3, 0.4) is 0 Å². The monoisotopic (exact) mass is 615 g/mol. The van der Waals surface area contributed by atoms with E-state index in [0.717, 1.165) is 6.42 Å². The molecule has 0 fully saturated rings. The lowest BCUT2D eigenvalue weighted by atomic mass is 10.0. The highest BCUT2D eigenvalue weighted by Crippen LogP contribution is 2.42. The van der Waals surface area contributed by atoms with Crippen molar-refractivity contribution in [1.82, 2.24) is 4.90 Å². The molecule has 13 heteroatoms. The second-order valence-corrected chi connectivity index (χ2v) is 12.8. The maximum Gasteiger partial charge on any atom is 0.353 e. The number of ether oxygens (including phenoxy) is 3. The molecule has 2 unspecified atom stereocenters. The van der Waals surface area contributed by atoms with Crippen LogP contribution in [0, 0.1) is 0 Å². The first-order valence-electron chi connectivity index (χ1n) is 15.8. The highest BCUT2D eigenvalue weighted by Gasteiger charge is 2.36. The SMILES string of the molecule is CCCCCCCCCCCCCCCCOCCCOP(=O)(O)CO[C@H](COC)CN1C=NC2C(=O)N=C(N)N=C21. The van der Waals surface area contributed by atoms with Gasteiger partial charge in [-0.15, -0.1) is 0 Å². The number of hydrogen-bond donors (Lipinski definition) is 2. The number of carbonyl (C=O) groups is 1. The van der Waals surface area contributed by atoms with Gasteiger partial charge in [-0.25, -0.2) is 0 Å². The van der Waals surface area contributed by atoms with E-state index in [4.69, 9.17) is 24.5 Å². The maximum atomic E-state index is 12.4. The third-order valence-electron chi connectivity index (χ3n) is 7.18. The molecule has 2 rings (SSSR count). The molecule has 0 aromatic rings. The molecular weight excluding hydrogens is 561 g/mol. The molecular formula is C29H54N5O7P. The van der Waals surface area contributed by atoms with Gasteiger partial charge in [0.1, 0.15) is 12.2 Å². The van der Waals surface area contributed by atoms with Crippen LogP contribution in [0.25, 0.3) is 0 Å². The highest BCUT2D eigenvalue weighted by molar-refractivity contribution is 7.52. The van der Waals surface area contributed by atoms with Crippen molar-refractivity contribution in [1.29, 1.82) is 0 Å². The van der Waals surface area contributed by atoms with E-state index in [1.54, 1.807) is 4.90 Å². The summed E-state index contributed by atoms with van der Waals surface area (Å²) < 4.78 is 34.1. The summed E-state index contributed by atoms with van der Waals surface area (Å²) in [7, 11) is -2.47. The summed E-state index contributed by atoms with van der Waals surface area (Å²) in [5.41, 5.74) is 5.60. The Morgan fingerprint density at radius 1 is 0.929 bits per heavy atom. The van der Waals surface area contributed by atoms with E-state index >= 15 is 0 Å².